The minimum Gasteiger partial charge on any atom is -0.382 e. The van der Waals surface area contributed by atoms with Crippen LogP contribution in [0.5, 0.6) is 0 Å². The molecule has 0 saturated carbocycles. The molecule has 0 radical (unpaired) electrons. The lowest BCUT2D eigenvalue weighted by Crippen LogP contribution is -2.34. The molecular weight excluding hydrogens is 445 g/mol. The fourth-order valence-corrected chi connectivity index (χ4v) is 4.98. The van der Waals surface area contributed by atoms with Gasteiger partial charge in [0.1, 0.15) is 12.0 Å². The van der Waals surface area contributed by atoms with Crippen LogP contribution < -0.4 is 5.73 Å². The number of amidine groups is 1. The van der Waals surface area contributed by atoms with E-state index in [1.54, 1.807) is 46.8 Å². The summed E-state index contributed by atoms with van der Waals surface area (Å²) in [6.45, 7) is 5.56. The van der Waals surface area contributed by atoms with Crippen molar-refractivity contribution in [3.8, 4) is 0 Å². The first-order chi connectivity index (χ1) is 14.3. The minimum atomic E-state index is -3.92. The smallest absolute Gasteiger partial charge is 0.353 e. The molecule has 164 valence electrons. The van der Waals surface area contributed by atoms with Crippen molar-refractivity contribution in [2.45, 2.75) is 24.5 Å². The zero-order valence-corrected chi connectivity index (χ0v) is 19.6. The summed E-state index contributed by atoms with van der Waals surface area (Å²) in [6.07, 6.45) is 2.71. The Bertz CT molecular complexity index is 893. The SMILES string of the molecule is C=N/C(N)=C1/N=CN(CC(C)OCP(=O)(O)OCc2ccccc2SSC)/C1=N/C. The lowest BCUT2D eigenvalue weighted by Gasteiger charge is -2.22. The molecule has 0 amide bonds. The summed E-state index contributed by atoms with van der Waals surface area (Å²) >= 11 is 0. The zero-order chi connectivity index (χ0) is 22.1. The van der Waals surface area contributed by atoms with Crippen LogP contribution >= 0.6 is 29.2 Å². The van der Waals surface area contributed by atoms with Crippen LogP contribution in [0.3, 0.4) is 0 Å². The number of hydrogen-bond donors (Lipinski definition) is 2. The summed E-state index contributed by atoms with van der Waals surface area (Å²) in [7, 11) is 0.862. The fourth-order valence-electron chi connectivity index (χ4n) is 2.55. The first-order valence-electron chi connectivity index (χ1n) is 8.92. The molecule has 0 aliphatic carbocycles. The Labute approximate surface area is 184 Å². The number of ether oxygens (including phenoxy) is 1. The number of hydrogen-bond acceptors (Lipinski definition) is 9. The van der Waals surface area contributed by atoms with E-state index >= 15 is 0 Å². The van der Waals surface area contributed by atoms with Gasteiger partial charge in [-0.2, -0.15) is 0 Å². The summed E-state index contributed by atoms with van der Waals surface area (Å²) in [5, 5.41) is 0. The molecule has 0 bridgehead atoms. The van der Waals surface area contributed by atoms with Crippen LogP contribution in [0.1, 0.15) is 12.5 Å². The van der Waals surface area contributed by atoms with Crippen molar-refractivity contribution < 1.29 is 18.7 Å². The standard InChI is InChI=1S/C18H26N5O4PS2/c1-13(9-23-11-22-16(17(19)20-2)18(23)21-3)26-12-28(24,25)27-10-14-7-5-6-8-15(14)30-29-4/h5-8,11,13H,2,9-10,12,19H2,1,3-4H3,(H,24,25)/b17-16+,21-18+. The third kappa shape index (κ3) is 6.97. The highest BCUT2D eigenvalue weighted by atomic mass is 33.1. The molecule has 1 heterocycles. The quantitative estimate of drug-likeness (QED) is 0.286. The number of rotatable bonds is 11. The maximum atomic E-state index is 12.4. The number of benzene rings is 1. The Morgan fingerprint density at radius 3 is 2.87 bits per heavy atom. The average Bonchev–Trinajstić information content (AvgIpc) is 3.14. The predicted molar refractivity (Wildman–Crippen MR) is 125 cm³/mol. The number of nitrogens with zero attached hydrogens (tertiary/aromatic N) is 4. The predicted octanol–water partition coefficient (Wildman–Crippen LogP) is 3.32. The molecule has 1 aromatic carbocycles. The number of aliphatic imine (C=N–C) groups is 3. The van der Waals surface area contributed by atoms with E-state index in [0.29, 0.717) is 18.1 Å². The van der Waals surface area contributed by atoms with Crippen LogP contribution in [-0.4, -0.2) is 61.0 Å². The first-order valence-corrected chi connectivity index (χ1v) is 13.2. The summed E-state index contributed by atoms with van der Waals surface area (Å²) in [5.41, 5.74) is 7.05. The topological polar surface area (TPSA) is 122 Å². The minimum absolute atomic E-state index is 0.0304. The lowest BCUT2D eigenvalue weighted by atomic mass is 10.2. The molecular formula is C18H26N5O4PS2. The Kier molecular flexibility index (Phi) is 9.60. The largest absolute Gasteiger partial charge is 0.382 e. The zero-order valence-electron chi connectivity index (χ0n) is 17.1. The highest BCUT2D eigenvalue weighted by molar-refractivity contribution is 8.76. The molecule has 9 nitrogen and oxygen atoms in total. The van der Waals surface area contributed by atoms with Gasteiger partial charge in [0, 0.05) is 11.9 Å². The van der Waals surface area contributed by atoms with Gasteiger partial charge in [0.15, 0.2) is 11.7 Å². The van der Waals surface area contributed by atoms with E-state index in [-0.39, 0.29) is 12.4 Å². The average molecular weight is 472 g/mol. The third-order valence-electron chi connectivity index (χ3n) is 3.98. The Morgan fingerprint density at radius 1 is 1.47 bits per heavy atom. The van der Waals surface area contributed by atoms with Crippen LogP contribution in [0.25, 0.3) is 0 Å². The summed E-state index contributed by atoms with van der Waals surface area (Å²) in [4.78, 5) is 24.9. The van der Waals surface area contributed by atoms with Gasteiger partial charge in [0.2, 0.25) is 0 Å². The maximum Gasteiger partial charge on any atom is 0.353 e. The van der Waals surface area contributed by atoms with Crippen molar-refractivity contribution in [3.05, 3.63) is 41.3 Å². The van der Waals surface area contributed by atoms with E-state index in [0.717, 1.165) is 10.5 Å². The van der Waals surface area contributed by atoms with Crippen LogP contribution in [0.4, 0.5) is 0 Å². The van der Waals surface area contributed by atoms with Crippen molar-refractivity contribution in [3.63, 3.8) is 0 Å². The molecule has 0 aromatic heterocycles. The maximum absolute atomic E-state index is 12.4. The summed E-state index contributed by atoms with van der Waals surface area (Å²) < 4.78 is 23.2. The Hall–Kier alpha value is -1.62. The van der Waals surface area contributed by atoms with Crippen molar-refractivity contribution in [1.82, 2.24) is 4.90 Å². The second-order valence-corrected chi connectivity index (χ2v) is 10.4. The second kappa shape index (κ2) is 11.7. The summed E-state index contributed by atoms with van der Waals surface area (Å²) in [5.74, 6) is 0.706. The molecule has 12 heteroatoms. The van der Waals surface area contributed by atoms with E-state index < -0.39 is 20.0 Å². The van der Waals surface area contributed by atoms with Gasteiger partial charge < -0.3 is 24.8 Å². The molecule has 0 fully saturated rings. The van der Waals surface area contributed by atoms with Gasteiger partial charge in [0.25, 0.3) is 0 Å². The molecule has 2 atom stereocenters. The lowest BCUT2D eigenvalue weighted by molar-refractivity contribution is 0.0753. The van der Waals surface area contributed by atoms with E-state index in [2.05, 4.69) is 21.7 Å². The van der Waals surface area contributed by atoms with E-state index in [4.69, 9.17) is 15.0 Å². The second-order valence-electron chi connectivity index (χ2n) is 6.21. The van der Waals surface area contributed by atoms with Crippen molar-refractivity contribution in [2.24, 2.45) is 20.7 Å². The monoisotopic (exact) mass is 471 g/mol. The molecule has 30 heavy (non-hydrogen) atoms. The van der Waals surface area contributed by atoms with Gasteiger partial charge in [-0.15, -0.1) is 0 Å². The van der Waals surface area contributed by atoms with Gasteiger partial charge in [-0.25, -0.2) is 9.98 Å². The molecule has 3 N–H and O–H groups in total. The van der Waals surface area contributed by atoms with Gasteiger partial charge in [-0.05, 0) is 31.5 Å². The molecule has 1 aliphatic heterocycles. The molecule has 0 saturated heterocycles. The van der Waals surface area contributed by atoms with Crippen molar-refractivity contribution in [2.75, 3.05) is 26.2 Å². The first kappa shape index (κ1) is 24.6. The van der Waals surface area contributed by atoms with Gasteiger partial charge in [-0.3, -0.25) is 9.56 Å². The van der Waals surface area contributed by atoms with Gasteiger partial charge in [0.05, 0.1) is 25.6 Å². The van der Waals surface area contributed by atoms with Crippen molar-refractivity contribution >= 4 is 48.1 Å². The molecule has 1 aliphatic rings. The highest BCUT2D eigenvalue weighted by Crippen LogP contribution is 2.44. The Balaban J connectivity index is 1.88. The fraction of sp³-hybridized carbons (Fsp3) is 0.389. The summed E-state index contributed by atoms with van der Waals surface area (Å²) in [6, 6.07) is 7.60. The molecule has 2 unspecified atom stereocenters. The van der Waals surface area contributed by atoms with Crippen LogP contribution in [0, 0.1) is 0 Å². The van der Waals surface area contributed by atoms with E-state index in [1.807, 2.05) is 30.5 Å². The van der Waals surface area contributed by atoms with E-state index in [1.165, 1.54) is 0 Å². The van der Waals surface area contributed by atoms with Crippen molar-refractivity contribution in [1.29, 1.82) is 0 Å². The molecule has 0 spiro atoms. The van der Waals surface area contributed by atoms with Gasteiger partial charge >= 0.3 is 7.60 Å². The normalized spacial score (nSPS) is 19.7. The number of nitrogens with two attached hydrogens (primary N) is 1. The Morgan fingerprint density at radius 2 is 2.20 bits per heavy atom. The molecule has 1 aromatic rings. The van der Waals surface area contributed by atoms with E-state index in [9.17, 15) is 9.46 Å². The van der Waals surface area contributed by atoms with Crippen LogP contribution in [0.15, 0.2) is 55.7 Å². The highest BCUT2D eigenvalue weighted by Gasteiger charge is 2.26. The third-order valence-corrected chi connectivity index (χ3v) is 6.77. The van der Waals surface area contributed by atoms with Crippen LogP contribution in [0.2, 0.25) is 0 Å². The molecule has 2 rings (SSSR count). The van der Waals surface area contributed by atoms with Crippen LogP contribution in [-0.2, 0) is 20.4 Å². The van der Waals surface area contributed by atoms with Gasteiger partial charge in [-0.1, -0.05) is 39.8 Å².